The third-order valence-corrected chi connectivity index (χ3v) is 7.65. The van der Waals surface area contributed by atoms with E-state index in [2.05, 4.69) is 10.8 Å². The quantitative estimate of drug-likeness (QED) is 0.201. The normalized spacial score (nSPS) is 14.7. The van der Waals surface area contributed by atoms with Gasteiger partial charge < -0.3 is 30.6 Å². The van der Waals surface area contributed by atoms with Crippen LogP contribution < -0.4 is 21.4 Å². The Kier molecular flexibility index (Phi) is 12.3. The van der Waals surface area contributed by atoms with E-state index in [1.807, 2.05) is 79.4 Å². The molecule has 0 aromatic heterocycles. The van der Waals surface area contributed by atoms with Gasteiger partial charge in [0, 0.05) is 23.7 Å². The second kappa shape index (κ2) is 16.6. The fraction of sp³-hybridized carbons (Fsp3) is 0.371. The molecule has 47 heavy (non-hydrogen) atoms. The Morgan fingerprint density at radius 2 is 1.64 bits per heavy atom. The number of rotatable bonds is 13. The van der Waals surface area contributed by atoms with E-state index in [9.17, 15) is 24.3 Å². The first kappa shape index (κ1) is 34.9. The summed E-state index contributed by atoms with van der Waals surface area (Å²) in [6, 6.07) is 20.5. The Bertz CT molecular complexity index is 1570. The van der Waals surface area contributed by atoms with Crippen LogP contribution in [0.3, 0.4) is 0 Å². The van der Waals surface area contributed by atoms with Gasteiger partial charge in [-0.15, -0.1) is 0 Å². The lowest BCUT2D eigenvalue weighted by atomic mass is 10.0. The molecular weight excluding hydrogens is 602 g/mol. The molecule has 1 aliphatic rings. The van der Waals surface area contributed by atoms with Crippen molar-refractivity contribution in [2.24, 2.45) is 11.7 Å². The number of nitrogens with two attached hydrogens (primary N) is 1. The largest absolute Gasteiger partial charge is 0.445 e. The van der Waals surface area contributed by atoms with Crippen LogP contribution in [0.2, 0.25) is 0 Å². The van der Waals surface area contributed by atoms with Crippen LogP contribution in [0.5, 0.6) is 0 Å². The highest BCUT2D eigenvalue weighted by Crippen LogP contribution is 2.34. The number of carbonyl (C=O) groups is 4. The van der Waals surface area contributed by atoms with E-state index in [-0.39, 0.29) is 32.0 Å². The minimum Gasteiger partial charge on any atom is -0.445 e. The Hall–Kier alpha value is -4.94. The minimum absolute atomic E-state index is 0.0360. The molecule has 3 amide bonds. The van der Waals surface area contributed by atoms with E-state index in [4.69, 9.17) is 15.3 Å². The molecule has 0 aliphatic carbocycles. The average molecular weight is 646 g/mol. The fourth-order valence-corrected chi connectivity index (χ4v) is 5.13. The number of hydrogen-bond acceptors (Lipinski definition) is 9. The molecule has 0 saturated heterocycles. The SMILES string of the molecule is CC(C)CC[C@H](O)CC(=O)ONC(=O)[C@H](CC1=CN(C(=O)[C@H](C)N)CN1c1cccc2ccccc12)NC(=O)OCc1ccccc1. The maximum absolute atomic E-state index is 13.5. The predicted octanol–water partition coefficient (Wildman–Crippen LogP) is 4.08. The van der Waals surface area contributed by atoms with E-state index in [1.165, 1.54) is 4.90 Å². The van der Waals surface area contributed by atoms with Crippen LogP contribution in [0.15, 0.2) is 84.7 Å². The highest BCUT2D eigenvalue weighted by Gasteiger charge is 2.33. The zero-order chi connectivity index (χ0) is 33.9. The number of aliphatic hydroxyl groups is 1. The molecule has 0 saturated carbocycles. The number of nitrogens with zero attached hydrogens (tertiary/aromatic N) is 2. The number of aliphatic hydroxyl groups excluding tert-OH is 1. The number of hydroxylamine groups is 1. The van der Waals surface area contributed by atoms with Gasteiger partial charge in [-0.2, -0.15) is 5.48 Å². The second-order valence-electron chi connectivity index (χ2n) is 12.0. The van der Waals surface area contributed by atoms with Crippen LogP contribution in [0.25, 0.3) is 10.8 Å². The maximum Gasteiger partial charge on any atom is 0.408 e. The van der Waals surface area contributed by atoms with Crippen LogP contribution >= 0.6 is 0 Å². The Morgan fingerprint density at radius 1 is 0.936 bits per heavy atom. The van der Waals surface area contributed by atoms with Crippen LogP contribution in [-0.4, -0.2) is 58.7 Å². The van der Waals surface area contributed by atoms with Crippen LogP contribution in [0.4, 0.5) is 10.5 Å². The van der Waals surface area contributed by atoms with E-state index >= 15 is 0 Å². The Labute approximate surface area is 274 Å². The van der Waals surface area contributed by atoms with Gasteiger partial charge in [-0.25, -0.2) is 9.59 Å². The lowest BCUT2D eigenvalue weighted by Crippen LogP contribution is -2.48. The summed E-state index contributed by atoms with van der Waals surface area (Å²) in [4.78, 5) is 60.1. The molecule has 12 heteroatoms. The first-order valence-corrected chi connectivity index (χ1v) is 15.7. The zero-order valence-electron chi connectivity index (χ0n) is 26.9. The first-order valence-electron chi connectivity index (χ1n) is 15.7. The van der Waals surface area contributed by atoms with Gasteiger partial charge in [0.05, 0.1) is 24.3 Å². The van der Waals surface area contributed by atoms with Gasteiger partial charge in [0.25, 0.3) is 5.91 Å². The monoisotopic (exact) mass is 645 g/mol. The van der Waals surface area contributed by atoms with Crippen molar-refractivity contribution in [2.75, 3.05) is 11.6 Å². The van der Waals surface area contributed by atoms with Crippen LogP contribution in [0, 0.1) is 5.92 Å². The number of amides is 3. The third-order valence-electron chi connectivity index (χ3n) is 7.65. The number of nitrogens with one attached hydrogen (secondary N) is 2. The van der Waals surface area contributed by atoms with Gasteiger partial charge in [-0.1, -0.05) is 80.6 Å². The lowest BCUT2D eigenvalue weighted by molar-refractivity contribution is -0.160. The summed E-state index contributed by atoms with van der Waals surface area (Å²) in [6.07, 6.45) is 0.529. The number of hydrogen-bond donors (Lipinski definition) is 4. The highest BCUT2D eigenvalue weighted by molar-refractivity contribution is 5.96. The lowest BCUT2D eigenvalue weighted by Gasteiger charge is -2.27. The van der Waals surface area contributed by atoms with Gasteiger partial charge in [0.2, 0.25) is 5.91 Å². The molecule has 4 rings (SSSR count). The number of ether oxygens (including phenoxy) is 1. The van der Waals surface area contributed by atoms with Crippen LogP contribution in [-0.2, 0) is 30.6 Å². The van der Waals surface area contributed by atoms with Crippen molar-refractivity contribution in [2.45, 2.75) is 71.2 Å². The molecular formula is C35H43N5O7. The molecule has 0 fully saturated rings. The molecule has 5 N–H and O–H groups in total. The minimum atomic E-state index is -1.29. The van der Waals surface area contributed by atoms with Gasteiger partial charge in [-0.3, -0.25) is 14.5 Å². The van der Waals surface area contributed by atoms with Crippen molar-refractivity contribution in [1.29, 1.82) is 0 Å². The van der Waals surface area contributed by atoms with Gasteiger partial charge in [-0.05, 0) is 42.7 Å². The van der Waals surface area contributed by atoms with Crippen molar-refractivity contribution in [3.8, 4) is 0 Å². The summed E-state index contributed by atoms with van der Waals surface area (Å²) < 4.78 is 5.37. The molecule has 0 bridgehead atoms. The summed E-state index contributed by atoms with van der Waals surface area (Å²) in [5, 5.41) is 14.6. The Balaban J connectivity index is 1.55. The summed E-state index contributed by atoms with van der Waals surface area (Å²) >= 11 is 0. The molecule has 250 valence electrons. The number of carbonyl (C=O) groups excluding carboxylic acids is 4. The number of alkyl carbamates (subject to hydrolysis) is 1. The fourth-order valence-electron chi connectivity index (χ4n) is 5.13. The molecule has 0 spiro atoms. The summed E-state index contributed by atoms with van der Waals surface area (Å²) in [7, 11) is 0. The smallest absolute Gasteiger partial charge is 0.408 e. The number of anilines is 1. The van der Waals surface area contributed by atoms with Gasteiger partial charge >= 0.3 is 12.1 Å². The van der Waals surface area contributed by atoms with E-state index in [1.54, 1.807) is 25.3 Å². The molecule has 1 heterocycles. The van der Waals surface area contributed by atoms with Crippen molar-refractivity contribution in [3.63, 3.8) is 0 Å². The summed E-state index contributed by atoms with van der Waals surface area (Å²) in [5.41, 5.74) is 10.1. The summed E-state index contributed by atoms with van der Waals surface area (Å²) in [5.74, 6) is -1.63. The first-order chi connectivity index (χ1) is 22.5. The topological polar surface area (TPSA) is 164 Å². The van der Waals surface area contributed by atoms with Gasteiger partial charge in [0.15, 0.2) is 0 Å². The van der Waals surface area contributed by atoms with Crippen LogP contribution in [0.1, 0.15) is 52.0 Å². The third kappa shape index (κ3) is 10.0. The highest BCUT2D eigenvalue weighted by atomic mass is 16.7. The maximum atomic E-state index is 13.5. The standard InChI is InChI=1S/C35H43N5O7/c1-23(2)16-17-28(41)19-32(42)47-38-33(43)30(37-35(45)46-21-25-10-5-4-6-11-25)18-27-20-39(34(44)24(3)36)22-40(27)31-15-9-13-26-12-7-8-14-29(26)31/h4-15,20,23-24,28,30,41H,16-19,21-22,36H2,1-3H3,(H,37,45)(H,38,43)/t24-,28-,30-/m0/s1. The number of benzene rings is 3. The molecule has 3 aromatic rings. The van der Waals surface area contributed by atoms with Crippen molar-refractivity contribution in [1.82, 2.24) is 15.7 Å². The van der Waals surface area contributed by atoms with Crippen molar-refractivity contribution >= 4 is 40.3 Å². The van der Waals surface area contributed by atoms with E-state index < -0.39 is 36.2 Å². The second-order valence-corrected chi connectivity index (χ2v) is 12.0. The average Bonchev–Trinajstić information content (AvgIpc) is 3.48. The molecule has 3 aromatic carbocycles. The molecule has 0 unspecified atom stereocenters. The summed E-state index contributed by atoms with van der Waals surface area (Å²) in [6.45, 7) is 5.70. The van der Waals surface area contributed by atoms with E-state index in [0.717, 1.165) is 28.4 Å². The van der Waals surface area contributed by atoms with Gasteiger partial charge in [0.1, 0.15) is 19.3 Å². The Morgan fingerprint density at radius 3 is 2.36 bits per heavy atom. The molecule has 3 atom stereocenters. The van der Waals surface area contributed by atoms with Crippen molar-refractivity contribution in [3.05, 3.63) is 90.3 Å². The van der Waals surface area contributed by atoms with E-state index in [0.29, 0.717) is 18.0 Å². The molecule has 0 radical (unpaired) electrons. The van der Waals surface area contributed by atoms with Crippen molar-refractivity contribution < 1.29 is 33.9 Å². The zero-order valence-corrected chi connectivity index (χ0v) is 26.9. The molecule has 12 nitrogen and oxygen atoms in total. The molecule has 1 aliphatic heterocycles. The predicted molar refractivity (Wildman–Crippen MR) is 177 cm³/mol. The number of fused-ring (bicyclic) bond motifs is 1.